The third-order valence-electron chi connectivity index (χ3n) is 4.33. The van der Waals surface area contributed by atoms with Crippen molar-refractivity contribution in [1.29, 1.82) is 0 Å². The number of hydrogen-bond donors (Lipinski definition) is 1. The Labute approximate surface area is 157 Å². The summed E-state index contributed by atoms with van der Waals surface area (Å²) in [6.45, 7) is 0. The molecule has 3 heterocycles. The Kier molecular flexibility index (Phi) is 4.44. The summed E-state index contributed by atoms with van der Waals surface area (Å²) < 4.78 is 16.9. The SMILES string of the molecule is Cn1c(=O)c2sccc2n2c(CCCC(=O)Nc3ccc(F)cc3)nnc12. The normalized spacial score (nSPS) is 11.3. The van der Waals surface area contributed by atoms with E-state index in [4.69, 9.17) is 0 Å². The van der Waals surface area contributed by atoms with E-state index < -0.39 is 0 Å². The zero-order chi connectivity index (χ0) is 19.0. The van der Waals surface area contributed by atoms with Gasteiger partial charge in [-0.15, -0.1) is 21.5 Å². The van der Waals surface area contributed by atoms with Crippen molar-refractivity contribution in [2.75, 3.05) is 5.32 Å². The van der Waals surface area contributed by atoms with Gasteiger partial charge in [-0.3, -0.25) is 18.6 Å². The van der Waals surface area contributed by atoms with Gasteiger partial charge in [0, 0.05) is 25.6 Å². The molecule has 0 bridgehead atoms. The number of thiophene rings is 1. The Morgan fingerprint density at radius 1 is 1.22 bits per heavy atom. The second-order valence-electron chi connectivity index (χ2n) is 6.16. The number of benzene rings is 1. The van der Waals surface area contributed by atoms with Crippen LogP contribution in [0, 0.1) is 5.82 Å². The van der Waals surface area contributed by atoms with E-state index in [1.54, 1.807) is 7.05 Å². The summed E-state index contributed by atoms with van der Waals surface area (Å²) >= 11 is 1.39. The van der Waals surface area contributed by atoms with Crippen molar-refractivity contribution in [2.24, 2.45) is 7.05 Å². The molecule has 1 N–H and O–H groups in total. The molecule has 0 aliphatic carbocycles. The van der Waals surface area contributed by atoms with E-state index in [1.807, 2.05) is 15.8 Å². The van der Waals surface area contributed by atoms with E-state index in [0.717, 1.165) is 5.52 Å². The molecule has 0 spiro atoms. The molecule has 7 nitrogen and oxygen atoms in total. The molecular formula is C18H16FN5O2S. The molecule has 0 aliphatic heterocycles. The number of carbonyl (C=O) groups excluding carboxylic acids is 1. The van der Waals surface area contributed by atoms with Crippen LogP contribution in [-0.2, 0) is 18.3 Å². The summed E-state index contributed by atoms with van der Waals surface area (Å²) in [5.74, 6) is 0.694. The molecule has 0 saturated carbocycles. The summed E-state index contributed by atoms with van der Waals surface area (Å²) in [7, 11) is 1.67. The van der Waals surface area contributed by atoms with Gasteiger partial charge in [-0.05, 0) is 42.1 Å². The largest absolute Gasteiger partial charge is 0.326 e. The van der Waals surface area contributed by atoms with E-state index in [2.05, 4.69) is 15.5 Å². The summed E-state index contributed by atoms with van der Waals surface area (Å²) in [6.07, 6.45) is 1.41. The molecule has 0 unspecified atom stereocenters. The molecule has 0 saturated heterocycles. The first-order valence-corrected chi connectivity index (χ1v) is 9.28. The average Bonchev–Trinajstić information content (AvgIpc) is 3.28. The Hall–Kier alpha value is -3.07. The Morgan fingerprint density at radius 2 is 2.00 bits per heavy atom. The number of hydrogen-bond acceptors (Lipinski definition) is 5. The van der Waals surface area contributed by atoms with Crippen molar-refractivity contribution < 1.29 is 9.18 Å². The fourth-order valence-electron chi connectivity index (χ4n) is 2.98. The van der Waals surface area contributed by atoms with Crippen LogP contribution in [0.5, 0.6) is 0 Å². The van der Waals surface area contributed by atoms with Gasteiger partial charge in [-0.25, -0.2) is 4.39 Å². The monoisotopic (exact) mass is 385 g/mol. The van der Waals surface area contributed by atoms with Crippen LogP contribution >= 0.6 is 11.3 Å². The Balaban J connectivity index is 1.49. The molecule has 138 valence electrons. The van der Waals surface area contributed by atoms with Gasteiger partial charge in [0.15, 0.2) is 0 Å². The number of halogens is 1. The van der Waals surface area contributed by atoms with Crippen molar-refractivity contribution in [3.8, 4) is 0 Å². The Bertz CT molecular complexity index is 1190. The van der Waals surface area contributed by atoms with Crippen molar-refractivity contribution >= 4 is 38.9 Å². The minimum absolute atomic E-state index is 0.0925. The molecule has 3 aromatic heterocycles. The minimum Gasteiger partial charge on any atom is -0.326 e. The zero-order valence-corrected chi connectivity index (χ0v) is 15.3. The second-order valence-corrected chi connectivity index (χ2v) is 7.08. The number of aryl methyl sites for hydroxylation is 2. The summed E-state index contributed by atoms with van der Waals surface area (Å²) in [5.41, 5.74) is 1.25. The average molecular weight is 385 g/mol. The summed E-state index contributed by atoms with van der Waals surface area (Å²) in [5, 5.41) is 12.9. The topological polar surface area (TPSA) is 81.3 Å². The zero-order valence-electron chi connectivity index (χ0n) is 14.5. The second kappa shape index (κ2) is 6.92. The highest BCUT2D eigenvalue weighted by molar-refractivity contribution is 7.17. The number of amides is 1. The van der Waals surface area contributed by atoms with Gasteiger partial charge in [0.05, 0.1) is 5.52 Å². The number of nitrogens with zero attached hydrogens (tertiary/aromatic N) is 4. The number of anilines is 1. The lowest BCUT2D eigenvalue weighted by Gasteiger charge is -2.06. The van der Waals surface area contributed by atoms with Crippen LogP contribution in [0.15, 0.2) is 40.5 Å². The van der Waals surface area contributed by atoms with Gasteiger partial charge in [0.25, 0.3) is 5.56 Å². The highest BCUT2D eigenvalue weighted by atomic mass is 32.1. The summed E-state index contributed by atoms with van der Waals surface area (Å²) in [6, 6.07) is 7.52. The van der Waals surface area contributed by atoms with Crippen molar-refractivity contribution in [1.82, 2.24) is 19.2 Å². The van der Waals surface area contributed by atoms with Crippen LogP contribution in [0.25, 0.3) is 16.0 Å². The smallest absolute Gasteiger partial charge is 0.272 e. The highest BCUT2D eigenvalue weighted by Gasteiger charge is 2.15. The third-order valence-corrected chi connectivity index (χ3v) is 5.22. The lowest BCUT2D eigenvalue weighted by molar-refractivity contribution is -0.116. The third kappa shape index (κ3) is 3.21. The standard InChI is InChI=1S/C18H16FN5O2S/c1-23-17(26)16-13(9-10-27-16)24-14(21-22-18(23)24)3-2-4-15(25)20-12-7-5-11(19)6-8-12/h5-10H,2-4H2,1H3,(H,20,25). The molecule has 1 amide bonds. The molecule has 0 radical (unpaired) electrons. The van der Waals surface area contributed by atoms with Gasteiger partial charge >= 0.3 is 0 Å². The maximum Gasteiger partial charge on any atom is 0.272 e. The molecule has 0 aliphatic rings. The molecule has 1 aromatic carbocycles. The van der Waals surface area contributed by atoms with E-state index in [9.17, 15) is 14.0 Å². The first-order chi connectivity index (χ1) is 13.0. The number of carbonyl (C=O) groups is 1. The molecule has 0 atom stereocenters. The minimum atomic E-state index is -0.346. The first-order valence-electron chi connectivity index (χ1n) is 8.40. The number of fused-ring (bicyclic) bond motifs is 3. The molecule has 0 fully saturated rings. The predicted molar refractivity (Wildman–Crippen MR) is 102 cm³/mol. The fourth-order valence-corrected chi connectivity index (χ4v) is 3.83. The number of aromatic nitrogens is 4. The van der Waals surface area contributed by atoms with Crippen LogP contribution in [0.4, 0.5) is 10.1 Å². The van der Waals surface area contributed by atoms with Gasteiger partial charge in [0.1, 0.15) is 16.3 Å². The van der Waals surface area contributed by atoms with Crippen molar-refractivity contribution in [3.63, 3.8) is 0 Å². The van der Waals surface area contributed by atoms with Crippen LogP contribution < -0.4 is 10.9 Å². The first kappa shape index (κ1) is 17.3. The fraction of sp³-hybridized carbons (Fsp3) is 0.222. The Morgan fingerprint density at radius 3 is 2.78 bits per heavy atom. The highest BCUT2D eigenvalue weighted by Crippen LogP contribution is 2.20. The van der Waals surface area contributed by atoms with Gasteiger partial charge in [0.2, 0.25) is 11.7 Å². The molecule has 27 heavy (non-hydrogen) atoms. The van der Waals surface area contributed by atoms with Crippen LogP contribution in [0.2, 0.25) is 0 Å². The quantitative estimate of drug-likeness (QED) is 0.573. The van der Waals surface area contributed by atoms with E-state index in [1.165, 1.54) is 40.2 Å². The van der Waals surface area contributed by atoms with E-state index in [-0.39, 0.29) is 17.3 Å². The molecule has 9 heteroatoms. The van der Waals surface area contributed by atoms with Gasteiger partial charge in [-0.2, -0.15) is 0 Å². The van der Waals surface area contributed by atoms with Crippen LogP contribution in [0.1, 0.15) is 18.7 Å². The van der Waals surface area contributed by atoms with E-state index in [0.29, 0.717) is 41.3 Å². The summed E-state index contributed by atoms with van der Waals surface area (Å²) in [4.78, 5) is 24.4. The molecule has 4 aromatic rings. The predicted octanol–water partition coefficient (Wildman–Crippen LogP) is 2.74. The van der Waals surface area contributed by atoms with Crippen molar-refractivity contribution in [2.45, 2.75) is 19.3 Å². The number of nitrogens with one attached hydrogen (secondary N) is 1. The lowest BCUT2D eigenvalue weighted by Crippen LogP contribution is -2.19. The molecule has 4 rings (SSSR count). The number of rotatable bonds is 5. The van der Waals surface area contributed by atoms with Crippen LogP contribution in [0.3, 0.4) is 0 Å². The maximum atomic E-state index is 12.9. The van der Waals surface area contributed by atoms with E-state index >= 15 is 0 Å². The van der Waals surface area contributed by atoms with Crippen molar-refractivity contribution in [3.05, 3.63) is 57.7 Å². The van der Waals surface area contributed by atoms with Gasteiger partial charge < -0.3 is 5.32 Å². The van der Waals surface area contributed by atoms with Gasteiger partial charge in [-0.1, -0.05) is 0 Å². The maximum absolute atomic E-state index is 12.9. The van der Waals surface area contributed by atoms with Crippen LogP contribution in [-0.4, -0.2) is 25.1 Å². The molecular weight excluding hydrogens is 369 g/mol. The lowest BCUT2D eigenvalue weighted by atomic mass is 10.2.